The van der Waals surface area contributed by atoms with Crippen molar-refractivity contribution in [2.45, 2.75) is 20.8 Å². The van der Waals surface area contributed by atoms with Crippen molar-refractivity contribution in [2.24, 2.45) is 5.41 Å². The van der Waals surface area contributed by atoms with Crippen molar-refractivity contribution in [3.05, 3.63) is 30.6 Å². The number of nitrogens with zero attached hydrogens (tertiary/aromatic N) is 1. The molecule has 0 unspecified atom stereocenters. The molecular formula is C14H19N3. The Balaban J connectivity index is 2.38. The summed E-state index contributed by atoms with van der Waals surface area (Å²) in [7, 11) is 0. The van der Waals surface area contributed by atoms with Gasteiger partial charge in [0.2, 0.25) is 0 Å². The standard InChI is InChI=1S/C14H19N3/c1-14(2,3)9-17-13-5-4-12(15)11-8-16-7-6-10(11)13/h4-8,17H,9,15H2,1-3H3. The van der Waals surface area contributed by atoms with Crippen LogP contribution in [0, 0.1) is 5.41 Å². The molecule has 0 aliphatic heterocycles. The van der Waals surface area contributed by atoms with Crippen molar-refractivity contribution in [2.75, 3.05) is 17.6 Å². The van der Waals surface area contributed by atoms with E-state index in [1.807, 2.05) is 24.4 Å². The van der Waals surface area contributed by atoms with E-state index >= 15 is 0 Å². The van der Waals surface area contributed by atoms with Crippen LogP contribution in [0.5, 0.6) is 0 Å². The minimum absolute atomic E-state index is 0.251. The number of aromatic nitrogens is 1. The van der Waals surface area contributed by atoms with Crippen molar-refractivity contribution < 1.29 is 0 Å². The van der Waals surface area contributed by atoms with E-state index in [4.69, 9.17) is 5.73 Å². The third kappa shape index (κ3) is 2.67. The van der Waals surface area contributed by atoms with Crippen LogP contribution in [0.15, 0.2) is 30.6 Å². The van der Waals surface area contributed by atoms with Crippen molar-refractivity contribution in [1.82, 2.24) is 4.98 Å². The summed E-state index contributed by atoms with van der Waals surface area (Å²) in [4.78, 5) is 4.12. The van der Waals surface area contributed by atoms with Gasteiger partial charge in [0, 0.05) is 41.1 Å². The second-order valence-corrected chi connectivity index (χ2v) is 5.54. The van der Waals surface area contributed by atoms with Gasteiger partial charge in [-0.05, 0) is 23.6 Å². The molecule has 0 bridgehead atoms. The number of fused-ring (bicyclic) bond motifs is 1. The van der Waals surface area contributed by atoms with E-state index in [1.54, 1.807) is 6.20 Å². The quantitative estimate of drug-likeness (QED) is 0.777. The van der Waals surface area contributed by atoms with Crippen LogP contribution in [0.1, 0.15) is 20.8 Å². The molecule has 0 atom stereocenters. The van der Waals surface area contributed by atoms with Gasteiger partial charge in [0.05, 0.1) is 0 Å². The molecule has 0 amide bonds. The molecule has 3 N–H and O–H groups in total. The molecule has 0 fully saturated rings. The van der Waals surface area contributed by atoms with Crippen LogP contribution in [0.4, 0.5) is 11.4 Å². The Morgan fingerprint density at radius 2 is 1.94 bits per heavy atom. The second kappa shape index (κ2) is 4.24. The maximum atomic E-state index is 5.94. The zero-order chi connectivity index (χ0) is 12.5. The maximum Gasteiger partial charge on any atom is 0.0422 e. The Labute approximate surface area is 102 Å². The minimum Gasteiger partial charge on any atom is -0.398 e. The third-order valence-electron chi connectivity index (χ3n) is 2.66. The Morgan fingerprint density at radius 1 is 1.18 bits per heavy atom. The molecule has 90 valence electrons. The highest BCUT2D eigenvalue weighted by Gasteiger charge is 2.11. The summed E-state index contributed by atoms with van der Waals surface area (Å²) in [6.45, 7) is 7.55. The Bertz CT molecular complexity index is 526. The predicted molar refractivity (Wildman–Crippen MR) is 74.1 cm³/mol. The van der Waals surface area contributed by atoms with Gasteiger partial charge in [-0.1, -0.05) is 20.8 Å². The van der Waals surface area contributed by atoms with Crippen molar-refractivity contribution >= 4 is 22.1 Å². The van der Waals surface area contributed by atoms with E-state index in [0.717, 1.165) is 28.7 Å². The molecule has 0 aliphatic rings. The molecule has 0 radical (unpaired) electrons. The Hall–Kier alpha value is -1.77. The van der Waals surface area contributed by atoms with Crippen LogP contribution in [-0.2, 0) is 0 Å². The average molecular weight is 229 g/mol. The van der Waals surface area contributed by atoms with E-state index in [2.05, 4.69) is 31.1 Å². The molecule has 2 rings (SSSR count). The van der Waals surface area contributed by atoms with Gasteiger partial charge < -0.3 is 11.1 Å². The fraction of sp³-hybridized carbons (Fsp3) is 0.357. The van der Waals surface area contributed by atoms with E-state index in [0.29, 0.717) is 0 Å². The molecule has 0 spiro atoms. The predicted octanol–water partition coefficient (Wildman–Crippen LogP) is 3.28. The van der Waals surface area contributed by atoms with Gasteiger partial charge in [-0.15, -0.1) is 0 Å². The largest absolute Gasteiger partial charge is 0.398 e. The van der Waals surface area contributed by atoms with Crippen LogP contribution in [0.25, 0.3) is 10.8 Å². The maximum absolute atomic E-state index is 5.94. The summed E-state index contributed by atoms with van der Waals surface area (Å²) < 4.78 is 0. The fourth-order valence-corrected chi connectivity index (χ4v) is 1.73. The lowest BCUT2D eigenvalue weighted by Gasteiger charge is -2.20. The minimum atomic E-state index is 0.251. The second-order valence-electron chi connectivity index (χ2n) is 5.54. The van der Waals surface area contributed by atoms with Crippen LogP contribution < -0.4 is 11.1 Å². The SMILES string of the molecule is CC(C)(C)CNc1ccc(N)c2cnccc12. The highest BCUT2D eigenvalue weighted by atomic mass is 14.9. The molecule has 3 nitrogen and oxygen atoms in total. The van der Waals surface area contributed by atoms with Crippen LogP contribution >= 0.6 is 0 Å². The molecular weight excluding hydrogens is 210 g/mol. The fourth-order valence-electron chi connectivity index (χ4n) is 1.73. The molecule has 3 heteroatoms. The number of pyridine rings is 1. The Morgan fingerprint density at radius 3 is 2.65 bits per heavy atom. The van der Waals surface area contributed by atoms with Crippen LogP contribution in [-0.4, -0.2) is 11.5 Å². The summed E-state index contributed by atoms with van der Waals surface area (Å²) in [6, 6.07) is 5.95. The van der Waals surface area contributed by atoms with Gasteiger partial charge >= 0.3 is 0 Å². The molecule has 1 aromatic carbocycles. The highest BCUT2D eigenvalue weighted by Crippen LogP contribution is 2.28. The van der Waals surface area contributed by atoms with Gasteiger partial charge in [0.15, 0.2) is 0 Å². The zero-order valence-electron chi connectivity index (χ0n) is 10.6. The smallest absolute Gasteiger partial charge is 0.0422 e. The number of nitrogen functional groups attached to an aromatic ring is 1. The summed E-state index contributed by atoms with van der Waals surface area (Å²) in [6.07, 6.45) is 3.61. The summed E-state index contributed by atoms with van der Waals surface area (Å²) in [5, 5.41) is 5.61. The molecule has 0 aliphatic carbocycles. The van der Waals surface area contributed by atoms with Crippen molar-refractivity contribution in [1.29, 1.82) is 0 Å². The summed E-state index contributed by atoms with van der Waals surface area (Å²) >= 11 is 0. The molecule has 0 saturated carbocycles. The molecule has 1 heterocycles. The molecule has 0 saturated heterocycles. The molecule has 17 heavy (non-hydrogen) atoms. The zero-order valence-corrected chi connectivity index (χ0v) is 10.6. The molecule has 1 aromatic heterocycles. The number of benzene rings is 1. The Kier molecular flexibility index (Phi) is 2.92. The number of hydrogen-bond donors (Lipinski definition) is 2. The first-order valence-electron chi connectivity index (χ1n) is 5.83. The third-order valence-corrected chi connectivity index (χ3v) is 2.66. The van der Waals surface area contributed by atoms with Gasteiger partial charge in [-0.2, -0.15) is 0 Å². The number of nitrogens with two attached hydrogens (primary N) is 1. The number of anilines is 2. The lowest BCUT2D eigenvalue weighted by molar-refractivity contribution is 0.443. The van der Waals surface area contributed by atoms with Crippen molar-refractivity contribution in [3.8, 4) is 0 Å². The topological polar surface area (TPSA) is 50.9 Å². The lowest BCUT2D eigenvalue weighted by atomic mass is 9.96. The summed E-state index contributed by atoms with van der Waals surface area (Å²) in [5.74, 6) is 0. The number of hydrogen-bond acceptors (Lipinski definition) is 3. The van der Waals surface area contributed by atoms with Gasteiger partial charge in [-0.25, -0.2) is 0 Å². The first-order valence-corrected chi connectivity index (χ1v) is 5.83. The van der Waals surface area contributed by atoms with Gasteiger partial charge in [0.1, 0.15) is 0 Å². The summed E-state index contributed by atoms with van der Waals surface area (Å²) in [5.41, 5.74) is 8.08. The van der Waals surface area contributed by atoms with Crippen LogP contribution in [0.3, 0.4) is 0 Å². The molecule has 2 aromatic rings. The van der Waals surface area contributed by atoms with E-state index < -0.39 is 0 Å². The van der Waals surface area contributed by atoms with E-state index in [1.165, 1.54) is 0 Å². The number of rotatable bonds is 2. The van der Waals surface area contributed by atoms with E-state index in [9.17, 15) is 0 Å². The average Bonchev–Trinajstić information content (AvgIpc) is 2.27. The first-order chi connectivity index (χ1) is 7.97. The lowest BCUT2D eigenvalue weighted by Crippen LogP contribution is -2.19. The van der Waals surface area contributed by atoms with Gasteiger partial charge in [0.25, 0.3) is 0 Å². The first kappa shape index (κ1) is 11.7. The van der Waals surface area contributed by atoms with Crippen LogP contribution in [0.2, 0.25) is 0 Å². The normalized spacial score (nSPS) is 11.7. The van der Waals surface area contributed by atoms with Gasteiger partial charge in [-0.3, -0.25) is 4.98 Å². The number of nitrogens with one attached hydrogen (secondary N) is 1. The highest BCUT2D eigenvalue weighted by molar-refractivity contribution is 6.00. The monoisotopic (exact) mass is 229 g/mol. The van der Waals surface area contributed by atoms with Crippen molar-refractivity contribution in [3.63, 3.8) is 0 Å². The van der Waals surface area contributed by atoms with E-state index in [-0.39, 0.29) is 5.41 Å².